The minimum absolute atomic E-state index is 0.760. The average Bonchev–Trinajstić information content (AvgIpc) is 2.06. The SMILES string of the molecule is C1=C[C@H]2CCCCCC[C@@H]2C=N1. The molecular formula is C11H17N. The van der Waals surface area contributed by atoms with Crippen molar-refractivity contribution in [1.29, 1.82) is 0 Å². The number of nitrogens with zero attached hydrogens (tertiary/aromatic N) is 1. The molecule has 0 aromatic rings. The van der Waals surface area contributed by atoms with Gasteiger partial charge >= 0.3 is 0 Å². The highest BCUT2D eigenvalue weighted by atomic mass is 14.7. The fourth-order valence-corrected chi connectivity index (χ4v) is 2.29. The van der Waals surface area contributed by atoms with Crippen LogP contribution in [0.1, 0.15) is 38.5 Å². The molecule has 12 heavy (non-hydrogen) atoms. The Morgan fingerprint density at radius 1 is 0.917 bits per heavy atom. The summed E-state index contributed by atoms with van der Waals surface area (Å²) in [4.78, 5) is 4.23. The van der Waals surface area contributed by atoms with Crippen LogP contribution < -0.4 is 0 Å². The fourth-order valence-electron chi connectivity index (χ4n) is 2.29. The molecule has 0 radical (unpaired) electrons. The maximum absolute atomic E-state index is 4.23. The van der Waals surface area contributed by atoms with Crippen molar-refractivity contribution in [2.75, 3.05) is 0 Å². The molecule has 0 spiro atoms. The Labute approximate surface area is 74.6 Å². The van der Waals surface area contributed by atoms with E-state index in [0.717, 1.165) is 11.8 Å². The van der Waals surface area contributed by atoms with Crippen molar-refractivity contribution in [3.05, 3.63) is 12.3 Å². The molecule has 2 rings (SSSR count). The molecule has 1 fully saturated rings. The van der Waals surface area contributed by atoms with Crippen LogP contribution in [0.2, 0.25) is 0 Å². The van der Waals surface area contributed by atoms with Crippen molar-refractivity contribution in [2.24, 2.45) is 16.8 Å². The molecule has 66 valence electrons. The average molecular weight is 163 g/mol. The fraction of sp³-hybridized carbons (Fsp3) is 0.727. The molecule has 0 unspecified atom stereocenters. The van der Waals surface area contributed by atoms with Gasteiger partial charge in [0.2, 0.25) is 0 Å². The van der Waals surface area contributed by atoms with Crippen molar-refractivity contribution in [3.63, 3.8) is 0 Å². The summed E-state index contributed by atoms with van der Waals surface area (Å²) in [5, 5.41) is 0. The molecule has 1 aliphatic carbocycles. The van der Waals surface area contributed by atoms with Gasteiger partial charge in [-0.2, -0.15) is 0 Å². The second kappa shape index (κ2) is 3.88. The lowest BCUT2D eigenvalue weighted by Gasteiger charge is -2.25. The van der Waals surface area contributed by atoms with E-state index in [4.69, 9.17) is 0 Å². The highest BCUT2D eigenvalue weighted by Crippen LogP contribution is 2.29. The Hall–Kier alpha value is -0.590. The van der Waals surface area contributed by atoms with Crippen LogP contribution >= 0.6 is 0 Å². The largest absolute Gasteiger partial charge is 0.269 e. The lowest BCUT2D eigenvalue weighted by molar-refractivity contribution is 0.380. The highest BCUT2D eigenvalue weighted by Gasteiger charge is 2.20. The monoisotopic (exact) mass is 163 g/mol. The van der Waals surface area contributed by atoms with Gasteiger partial charge in [0.25, 0.3) is 0 Å². The summed E-state index contributed by atoms with van der Waals surface area (Å²) in [5.41, 5.74) is 0. The lowest BCUT2D eigenvalue weighted by Crippen LogP contribution is -2.18. The zero-order chi connectivity index (χ0) is 8.23. The number of hydrogen-bond donors (Lipinski definition) is 0. The summed E-state index contributed by atoms with van der Waals surface area (Å²) in [7, 11) is 0. The first-order chi connectivity index (χ1) is 5.97. The third-order valence-electron chi connectivity index (χ3n) is 3.07. The molecule has 0 saturated heterocycles. The van der Waals surface area contributed by atoms with Crippen molar-refractivity contribution in [1.82, 2.24) is 0 Å². The molecular weight excluding hydrogens is 146 g/mol. The Morgan fingerprint density at radius 3 is 2.50 bits per heavy atom. The van der Waals surface area contributed by atoms with Gasteiger partial charge in [-0.15, -0.1) is 0 Å². The van der Waals surface area contributed by atoms with Crippen LogP contribution in [0.4, 0.5) is 0 Å². The Balaban J connectivity index is 2.00. The summed E-state index contributed by atoms with van der Waals surface area (Å²) in [5.74, 6) is 1.57. The molecule has 1 saturated carbocycles. The third kappa shape index (κ3) is 1.77. The zero-order valence-corrected chi connectivity index (χ0v) is 7.58. The van der Waals surface area contributed by atoms with Crippen LogP contribution in [-0.4, -0.2) is 6.21 Å². The second-order valence-corrected chi connectivity index (χ2v) is 3.96. The van der Waals surface area contributed by atoms with E-state index in [-0.39, 0.29) is 0 Å². The van der Waals surface area contributed by atoms with Crippen molar-refractivity contribution < 1.29 is 0 Å². The molecule has 1 nitrogen and oxygen atoms in total. The van der Waals surface area contributed by atoms with Gasteiger partial charge in [-0.05, 0) is 18.8 Å². The van der Waals surface area contributed by atoms with Gasteiger partial charge in [-0.3, -0.25) is 4.99 Å². The molecule has 2 aliphatic rings. The number of fused-ring (bicyclic) bond motifs is 1. The van der Waals surface area contributed by atoms with Crippen LogP contribution in [-0.2, 0) is 0 Å². The Bertz CT molecular complexity index is 171. The van der Waals surface area contributed by atoms with Crippen molar-refractivity contribution >= 4 is 6.21 Å². The number of allylic oxidation sites excluding steroid dienone is 1. The highest BCUT2D eigenvalue weighted by molar-refractivity contribution is 5.63. The first-order valence-corrected chi connectivity index (χ1v) is 5.17. The van der Waals surface area contributed by atoms with Crippen LogP contribution in [0.25, 0.3) is 0 Å². The van der Waals surface area contributed by atoms with Crippen LogP contribution in [0.5, 0.6) is 0 Å². The Morgan fingerprint density at radius 2 is 1.67 bits per heavy atom. The standard InChI is InChI=1S/C11H17N/c1-2-4-6-11-9-12-8-7-10(11)5-3-1/h7-11H,1-6H2/t10-,11-/m1/s1. The summed E-state index contributed by atoms with van der Waals surface area (Å²) < 4.78 is 0. The van der Waals surface area contributed by atoms with E-state index in [1.807, 2.05) is 6.20 Å². The van der Waals surface area contributed by atoms with E-state index in [9.17, 15) is 0 Å². The van der Waals surface area contributed by atoms with Gasteiger partial charge in [-0.1, -0.05) is 31.8 Å². The minimum Gasteiger partial charge on any atom is -0.269 e. The summed E-state index contributed by atoms with van der Waals surface area (Å²) in [6, 6.07) is 0. The maximum Gasteiger partial charge on any atom is 0.0227 e. The first-order valence-electron chi connectivity index (χ1n) is 5.17. The van der Waals surface area contributed by atoms with Crippen molar-refractivity contribution in [3.8, 4) is 0 Å². The van der Waals surface area contributed by atoms with E-state index in [1.165, 1.54) is 38.5 Å². The molecule has 0 aromatic heterocycles. The molecule has 0 amide bonds. The van der Waals surface area contributed by atoms with Crippen LogP contribution in [0.3, 0.4) is 0 Å². The molecule has 1 aliphatic heterocycles. The molecule has 1 heterocycles. The zero-order valence-electron chi connectivity index (χ0n) is 7.58. The van der Waals surface area contributed by atoms with E-state index in [1.54, 1.807) is 0 Å². The van der Waals surface area contributed by atoms with E-state index < -0.39 is 0 Å². The van der Waals surface area contributed by atoms with Gasteiger partial charge in [0, 0.05) is 18.3 Å². The van der Waals surface area contributed by atoms with Gasteiger partial charge < -0.3 is 0 Å². The van der Waals surface area contributed by atoms with Gasteiger partial charge in [0.15, 0.2) is 0 Å². The van der Waals surface area contributed by atoms with Gasteiger partial charge in [-0.25, -0.2) is 0 Å². The normalized spacial score (nSPS) is 35.3. The predicted octanol–water partition coefficient (Wildman–Crippen LogP) is 3.17. The molecule has 0 N–H and O–H groups in total. The quantitative estimate of drug-likeness (QED) is 0.520. The number of hydrogen-bond acceptors (Lipinski definition) is 1. The molecule has 0 aromatic carbocycles. The second-order valence-electron chi connectivity index (χ2n) is 3.96. The van der Waals surface area contributed by atoms with E-state index in [2.05, 4.69) is 17.3 Å². The predicted molar refractivity (Wildman–Crippen MR) is 52.3 cm³/mol. The summed E-state index contributed by atoms with van der Waals surface area (Å²) in [6.07, 6.45) is 14.9. The topological polar surface area (TPSA) is 12.4 Å². The maximum atomic E-state index is 4.23. The van der Waals surface area contributed by atoms with Crippen molar-refractivity contribution in [2.45, 2.75) is 38.5 Å². The molecule has 2 atom stereocenters. The van der Waals surface area contributed by atoms with E-state index >= 15 is 0 Å². The summed E-state index contributed by atoms with van der Waals surface area (Å²) in [6.45, 7) is 0. The number of rotatable bonds is 0. The Kier molecular flexibility index (Phi) is 2.60. The minimum atomic E-state index is 0.760. The smallest absolute Gasteiger partial charge is 0.0227 e. The molecule has 0 bridgehead atoms. The number of aliphatic imine (C=N–C) groups is 1. The third-order valence-corrected chi connectivity index (χ3v) is 3.07. The van der Waals surface area contributed by atoms with Gasteiger partial charge in [0.05, 0.1) is 0 Å². The first kappa shape index (κ1) is 8.03. The van der Waals surface area contributed by atoms with Crippen LogP contribution in [0.15, 0.2) is 17.3 Å². The van der Waals surface area contributed by atoms with Gasteiger partial charge in [0.1, 0.15) is 0 Å². The molecule has 1 heteroatoms. The summed E-state index contributed by atoms with van der Waals surface area (Å²) >= 11 is 0. The van der Waals surface area contributed by atoms with E-state index in [0.29, 0.717) is 0 Å². The van der Waals surface area contributed by atoms with Crippen LogP contribution in [0, 0.1) is 11.8 Å². The lowest BCUT2D eigenvalue weighted by atomic mass is 9.81.